The van der Waals surface area contributed by atoms with Crippen molar-refractivity contribution in [2.24, 2.45) is 0 Å². The number of rotatable bonds is 4. The van der Waals surface area contributed by atoms with Gasteiger partial charge in [0.1, 0.15) is 5.82 Å². The van der Waals surface area contributed by atoms with Gasteiger partial charge in [-0.1, -0.05) is 12.1 Å². The Morgan fingerprint density at radius 3 is 2.43 bits per heavy atom. The highest BCUT2D eigenvalue weighted by molar-refractivity contribution is 5.92. The lowest BCUT2D eigenvalue weighted by atomic mass is 10.2. The first-order valence-corrected chi connectivity index (χ1v) is 7.61. The van der Waals surface area contributed by atoms with E-state index < -0.39 is 0 Å². The van der Waals surface area contributed by atoms with Crippen LogP contribution in [0.1, 0.15) is 5.56 Å². The number of carbonyl (C=O) groups excluding carboxylic acids is 2. The van der Waals surface area contributed by atoms with Crippen molar-refractivity contribution < 1.29 is 14.0 Å². The van der Waals surface area contributed by atoms with Gasteiger partial charge in [-0.05, 0) is 37.9 Å². The minimum absolute atomic E-state index is 0.0809. The van der Waals surface area contributed by atoms with E-state index in [-0.39, 0.29) is 17.6 Å². The fourth-order valence-corrected chi connectivity index (χ4v) is 2.43. The van der Waals surface area contributed by atoms with E-state index in [1.165, 1.54) is 18.2 Å². The van der Waals surface area contributed by atoms with Gasteiger partial charge in [-0.25, -0.2) is 4.39 Å². The molecule has 1 aromatic carbocycles. The number of piperazine rings is 1. The lowest BCUT2D eigenvalue weighted by Crippen LogP contribution is -2.51. The minimum Gasteiger partial charge on any atom is -0.338 e. The average molecular weight is 319 g/mol. The molecule has 1 fully saturated rings. The molecule has 0 aliphatic carbocycles. The number of hydrogen-bond donors (Lipinski definition) is 0. The molecular formula is C17H22FN3O2. The van der Waals surface area contributed by atoms with Crippen molar-refractivity contribution >= 4 is 17.9 Å². The van der Waals surface area contributed by atoms with Crippen LogP contribution in [0.4, 0.5) is 4.39 Å². The first-order valence-electron chi connectivity index (χ1n) is 7.61. The van der Waals surface area contributed by atoms with Crippen LogP contribution >= 0.6 is 0 Å². The van der Waals surface area contributed by atoms with Gasteiger partial charge in [0, 0.05) is 32.3 Å². The fourth-order valence-electron chi connectivity index (χ4n) is 2.43. The molecule has 1 saturated heterocycles. The maximum absolute atomic E-state index is 13.1. The van der Waals surface area contributed by atoms with Gasteiger partial charge < -0.3 is 14.7 Å². The summed E-state index contributed by atoms with van der Waals surface area (Å²) in [6.45, 7) is 2.52. The zero-order chi connectivity index (χ0) is 16.8. The van der Waals surface area contributed by atoms with E-state index in [9.17, 15) is 14.0 Å². The Labute approximate surface area is 136 Å². The van der Waals surface area contributed by atoms with Crippen LogP contribution in [0.3, 0.4) is 0 Å². The van der Waals surface area contributed by atoms with Crippen molar-refractivity contribution in [3.8, 4) is 0 Å². The Morgan fingerprint density at radius 2 is 1.83 bits per heavy atom. The molecule has 5 nitrogen and oxygen atoms in total. The summed E-state index contributed by atoms with van der Waals surface area (Å²) in [5, 5.41) is 0. The lowest BCUT2D eigenvalue weighted by molar-refractivity contribution is -0.137. The van der Waals surface area contributed by atoms with Crippen LogP contribution in [0.2, 0.25) is 0 Å². The molecule has 0 unspecified atom stereocenters. The maximum Gasteiger partial charge on any atom is 0.246 e. The average Bonchev–Trinajstić information content (AvgIpc) is 2.52. The summed E-state index contributed by atoms with van der Waals surface area (Å²) in [6, 6.07) is 6.09. The number of amides is 2. The summed E-state index contributed by atoms with van der Waals surface area (Å²) in [4.78, 5) is 29.4. The van der Waals surface area contributed by atoms with Crippen LogP contribution in [0.15, 0.2) is 30.3 Å². The molecule has 0 atom stereocenters. The highest BCUT2D eigenvalue weighted by Crippen LogP contribution is 2.08. The Kier molecular flexibility index (Phi) is 5.87. The zero-order valence-electron chi connectivity index (χ0n) is 13.5. The molecule has 0 spiro atoms. The summed E-state index contributed by atoms with van der Waals surface area (Å²) in [5.41, 5.74) is 0.651. The van der Waals surface area contributed by atoms with Gasteiger partial charge in [-0.2, -0.15) is 0 Å². The number of benzene rings is 1. The standard InChI is InChI=1S/C17H22FN3O2/c1-19(2)13-17(23)21-10-8-20(9-11-21)16(22)7-6-14-4-3-5-15(18)12-14/h3-7,12H,8-11,13H2,1-2H3/b7-6+. The number of hydrogen-bond acceptors (Lipinski definition) is 3. The minimum atomic E-state index is -0.326. The van der Waals surface area contributed by atoms with E-state index in [1.54, 1.807) is 28.0 Å². The third kappa shape index (κ3) is 5.17. The lowest BCUT2D eigenvalue weighted by Gasteiger charge is -2.34. The summed E-state index contributed by atoms with van der Waals surface area (Å²) < 4.78 is 13.1. The first-order chi connectivity index (χ1) is 11.0. The molecule has 6 heteroatoms. The summed E-state index contributed by atoms with van der Waals surface area (Å²) in [5.74, 6) is -0.362. The van der Waals surface area contributed by atoms with Crippen molar-refractivity contribution in [2.45, 2.75) is 0 Å². The zero-order valence-corrected chi connectivity index (χ0v) is 13.5. The Balaban J connectivity index is 1.85. The second-order valence-corrected chi connectivity index (χ2v) is 5.83. The number of likely N-dealkylation sites (N-methyl/N-ethyl adjacent to an activating group) is 1. The Morgan fingerprint density at radius 1 is 1.17 bits per heavy atom. The van der Waals surface area contributed by atoms with E-state index in [2.05, 4.69) is 0 Å². The van der Waals surface area contributed by atoms with Crippen LogP contribution in [0.25, 0.3) is 6.08 Å². The first kappa shape index (κ1) is 17.1. The fraction of sp³-hybridized carbons (Fsp3) is 0.412. The molecule has 0 aromatic heterocycles. The smallest absolute Gasteiger partial charge is 0.246 e. The van der Waals surface area contributed by atoms with Crippen molar-refractivity contribution in [3.63, 3.8) is 0 Å². The molecule has 1 aliphatic heterocycles. The summed E-state index contributed by atoms with van der Waals surface area (Å²) >= 11 is 0. The molecule has 23 heavy (non-hydrogen) atoms. The predicted octanol–water partition coefficient (Wildman–Crippen LogP) is 1.07. The molecule has 2 rings (SSSR count). The van der Waals surface area contributed by atoms with E-state index in [0.717, 1.165) is 0 Å². The van der Waals surface area contributed by atoms with Crippen LogP contribution < -0.4 is 0 Å². The van der Waals surface area contributed by atoms with Gasteiger partial charge in [-0.15, -0.1) is 0 Å². The molecule has 0 radical (unpaired) electrons. The van der Waals surface area contributed by atoms with Crippen molar-refractivity contribution in [2.75, 3.05) is 46.8 Å². The number of carbonyl (C=O) groups is 2. The molecule has 1 aliphatic rings. The number of nitrogens with zero attached hydrogens (tertiary/aromatic N) is 3. The SMILES string of the molecule is CN(C)CC(=O)N1CCN(C(=O)/C=C/c2cccc(F)c2)CC1. The number of halogens is 1. The third-order valence-corrected chi connectivity index (χ3v) is 3.66. The van der Waals surface area contributed by atoms with Crippen molar-refractivity contribution in [1.29, 1.82) is 0 Å². The Bertz CT molecular complexity index is 593. The normalized spacial score (nSPS) is 15.5. The molecule has 0 N–H and O–H groups in total. The van der Waals surface area contributed by atoms with Gasteiger partial charge in [0.05, 0.1) is 6.54 Å². The molecule has 2 amide bonds. The van der Waals surface area contributed by atoms with Gasteiger partial charge >= 0.3 is 0 Å². The van der Waals surface area contributed by atoms with E-state index in [4.69, 9.17) is 0 Å². The third-order valence-electron chi connectivity index (χ3n) is 3.66. The van der Waals surface area contributed by atoms with Gasteiger partial charge in [0.2, 0.25) is 11.8 Å². The van der Waals surface area contributed by atoms with E-state index in [0.29, 0.717) is 38.3 Å². The molecular weight excluding hydrogens is 297 g/mol. The maximum atomic E-state index is 13.1. The molecule has 1 aromatic rings. The highest BCUT2D eigenvalue weighted by atomic mass is 19.1. The summed E-state index contributed by atoms with van der Waals surface area (Å²) in [6.07, 6.45) is 3.06. The Hall–Kier alpha value is -2.21. The van der Waals surface area contributed by atoms with Gasteiger partial charge in [0.25, 0.3) is 0 Å². The van der Waals surface area contributed by atoms with Crippen LogP contribution in [0, 0.1) is 5.82 Å². The van der Waals surface area contributed by atoms with Crippen LogP contribution in [0.5, 0.6) is 0 Å². The molecule has 0 saturated carbocycles. The molecule has 124 valence electrons. The van der Waals surface area contributed by atoms with Crippen LogP contribution in [-0.2, 0) is 9.59 Å². The van der Waals surface area contributed by atoms with Crippen molar-refractivity contribution in [1.82, 2.24) is 14.7 Å². The predicted molar refractivity (Wildman–Crippen MR) is 87.1 cm³/mol. The highest BCUT2D eigenvalue weighted by Gasteiger charge is 2.23. The van der Waals surface area contributed by atoms with Gasteiger partial charge in [-0.3, -0.25) is 9.59 Å². The van der Waals surface area contributed by atoms with E-state index in [1.807, 2.05) is 19.0 Å². The van der Waals surface area contributed by atoms with Gasteiger partial charge in [0.15, 0.2) is 0 Å². The monoisotopic (exact) mass is 319 g/mol. The summed E-state index contributed by atoms with van der Waals surface area (Å²) in [7, 11) is 3.71. The molecule has 0 bridgehead atoms. The topological polar surface area (TPSA) is 43.9 Å². The van der Waals surface area contributed by atoms with Crippen LogP contribution in [-0.4, -0.2) is 73.3 Å². The quantitative estimate of drug-likeness (QED) is 0.780. The second-order valence-electron chi connectivity index (χ2n) is 5.83. The van der Waals surface area contributed by atoms with E-state index >= 15 is 0 Å². The largest absolute Gasteiger partial charge is 0.338 e. The van der Waals surface area contributed by atoms with Crippen molar-refractivity contribution in [3.05, 3.63) is 41.7 Å². The second kappa shape index (κ2) is 7.87. The molecule has 1 heterocycles.